The van der Waals surface area contributed by atoms with Gasteiger partial charge in [0.05, 0.1) is 25.0 Å². The van der Waals surface area contributed by atoms with E-state index in [9.17, 15) is 0 Å². The van der Waals surface area contributed by atoms with Crippen molar-refractivity contribution in [1.29, 1.82) is 0 Å². The summed E-state index contributed by atoms with van der Waals surface area (Å²) in [5.74, 6) is 1.72. The molecule has 1 aliphatic rings. The summed E-state index contributed by atoms with van der Waals surface area (Å²) in [7, 11) is 3.54. The van der Waals surface area contributed by atoms with Crippen LogP contribution in [0.1, 0.15) is 24.2 Å². The number of rotatable bonds is 5. The van der Waals surface area contributed by atoms with Gasteiger partial charge in [0.25, 0.3) is 0 Å². The maximum atomic E-state index is 5.55. The van der Waals surface area contributed by atoms with Crippen molar-refractivity contribution in [2.24, 2.45) is 4.99 Å². The second-order valence-electron chi connectivity index (χ2n) is 7.65. The lowest BCUT2D eigenvalue weighted by Crippen LogP contribution is -2.51. The zero-order valence-electron chi connectivity index (χ0n) is 17.9. The van der Waals surface area contributed by atoms with Gasteiger partial charge in [-0.25, -0.2) is 4.98 Å². The molecular weight excluding hydrogens is 376 g/mol. The lowest BCUT2D eigenvalue weighted by Gasteiger charge is -2.36. The van der Waals surface area contributed by atoms with Crippen LogP contribution < -0.4 is 20.3 Å². The monoisotopic (exact) mass is 406 g/mol. The number of aromatic nitrogens is 2. The molecule has 1 atom stereocenters. The summed E-state index contributed by atoms with van der Waals surface area (Å²) in [4.78, 5) is 11.5. The van der Waals surface area contributed by atoms with Crippen molar-refractivity contribution in [1.82, 2.24) is 20.0 Å². The molecule has 1 fully saturated rings. The van der Waals surface area contributed by atoms with Crippen molar-refractivity contribution in [3.05, 3.63) is 60.0 Å². The molecule has 0 spiro atoms. The Bertz CT molecular complexity index is 1030. The van der Waals surface area contributed by atoms with Crippen LogP contribution in [0.3, 0.4) is 0 Å². The normalized spacial score (nSPS) is 17.2. The van der Waals surface area contributed by atoms with Crippen molar-refractivity contribution < 1.29 is 4.74 Å². The summed E-state index contributed by atoms with van der Waals surface area (Å²) >= 11 is 0. The van der Waals surface area contributed by atoms with Gasteiger partial charge in [-0.15, -0.1) is 0 Å². The molecule has 7 heteroatoms. The maximum Gasteiger partial charge on any atom is 0.191 e. The average molecular weight is 407 g/mol. The summed E-state index contributed by atoms with van der Waals surface area (Å²) < 4.78 is 7.66. The van der Waals surface area contributed by atoms with Crippen LogP contribution in [0, 0.1) is 6.92 Å². The topological polar surface area (TPSA) is 66.2 Å². The highest BCUT2D eigenvalue weighted by Crippen LogP contribution is 2.29. The lowest BCUT2D eigenvalue weighted by atomic mass is 10.0. The van der Waals surface area contributed by atoms with Gasteiger partial charge in [0.1, 0.15) is 11.4 Å². The van der Waals surface area contributed by atoms with Gasteiger partial charge in [0.2, 0.25) is 0 Å². The first kappa shape index (κ1) is 20.1. The molecule has 1 aromatic carbocycles. The molecule has 7 nitrogen and oxygen atoms in total. The Morgan fingerprint density at radius 1 is 1.23 bits per heavy atom. The Morgan fingerprint density at radius 3 is 2.90 bits per heavy atom. The Kier molecular flexibility index (Phi) is 6.07. The number of nitrogens with zero attached hydrogens (tertiary/aromatic N) is 4. The van der Waals surface area contributed by atoms with E-state index in [1.165, 1.54) is 5.69 Å². The molecule has 0 aliphatic carbocycles. The molecule has 30 heavy (non-hydrogen) atoms. The number of methoxy groups -OCH3 is 1. The molecule has 1 aliphatic heterocycles. The van der Waals surface area contributed by atoms with E-state index >= 15 is 0 Å². The number of guanidine groups is 1. The number of fused-ring (bicyclic) bond motifs is 1. The van der Waals surface area contributed by atoms with Crippen molar-refractivity contribution >= 4 is 17.3 Å². The van der Waals surface area contributed by atoms with Crippen LogP contribution in [0.25, 0.3) is 5.65 Å². The fourth-order valence-electron chi connectivity index (χ4n) is 4.05. The summed E-state index contributed by atoms with van der Waals surface area (Å²) in [6.07, 6.45) is 4.31. The number of ether oxygens (including phenoxy) is 1. The van der Waals surface area contributed by atoms with Crippen molar-refractivity contribution in [2.75, 3.05) is 32.1 Å². The van der Waals surface area contributed by atoms with Gasteiger partial charge in [-0.3, -0.25) is 4.99 Å². The van der Waals surface area contributed by atoms with Gasteiger partial charge in [0, 0.05) is 38.1 Å². The fraction of sp³-hybridized carbons (Fsp3) is 0.391. The molecule has 1 unspecified atom stereocenters. The van der Waals surface area contributed by atoms with E-state index < -0.39 is 0 Å². The van der Waals surface area contributed by atoms with Gasteiger partial charge < -0.3 is 24.7 Å². The Morgan fingerprint density at radius 2 is 2.10 bits per heavy atom. The summed E-state index contributed by atoms with van der Waals surface area (Å²) in [6, 6.07) is 14.7. The van der Waals surface area contributed by atoms with Gasteiger partial charge >= 0.3 is 0 Å². The smallest absolute Gasteiger partial charge is 0.191 e. The molecule has 2 N–H and O–H groups in total. The first-order valence-electron chi connectivity index (χ1n) is 10.5. The van der Waals surface area contributed by atoms with E-state index in [0.717, 1.165) is 54.7 Å². The number of aryl methyl sites for hydroxylation is 1. The van der Waals surface area contributed by atoms with Crippen LogP contribution in [0.2, 0.25) is 0 Å². The molecule has 4 rings (SSSR count). The Balaban J connectivity index is 1.37. The highest BCUT2D eigenvalue weighted by atomic mass is 16.5. The minimum Gasteiger partial charge on any atom is -0.495 e. The zero-order valence-corrected chi connectivity index (χ0v) is 17.9. The molecule has 1 saturated heterocycles. The number of aliphatic imine (C=N–C) groups is 1. The maximum absolute atomic E-state index is 5.55. The predicted octanol–water partition coefficient (Wildman–Crippen LogP) is 2.99. The molecule has 0 amide bonds. The molecule has 3 aromatic rings. The second-order valence-corrected chi connectivity index (χ2v) is 7.65. The van der Waals surface area contributed by atoms with Crippen LogP contribution >= 0.6 is 0 Å². The predicted molar refractivity (Wildman–Crippen MR) is 121 cm³/mol. The van der Waals surface area contributed by atoms with E-state index in [0.29, 0.717) is 12.6 Å². The number of nitrogens with one attached hydrogen (secondary N) is 2. The molecule has 158 valence electrons. The number of hydrogen-bond acceptors (Lipinski definition) is 4. The summed E-state index contributed by atoms with van der Waals surface area (Å²) in [5, 5.41) is 6.99. The van der Waals surface area contributed by atoms with Gasteiger partial charge in [-0.1, -0.05) is 18.2 Å². The molecular formula is C23H30N6O. The number of anilines is 1. The second kappa shape index (κ2) is 9.07. The quantitative estimate of drug-likeness (QED) is 0.504. The van der Waals surface area contributed by atoms with Crippen LogP contribution in [0.5, 0.6) is 5.75 Å². The van der Waals surface area contributed by atoms with Crippen LogP contribution in [0.4, 0.5) is 5.69 Å². The molecule has 3 heterocycles. The van der Waals surface area contributed by atoms with Crippen molar-refractivity contribution in [3.8, 4) is 5.75 Å². The lowest BCUT2D eigenvalue weighted by molar-refractivity contribution is 0.408. The molecule has 0 saturated carbocycles. The van der Waals surface area contributed by atoms with Gasteiger partial charge in [0.15, 0.2) is 5.96 Å². The average Bonchev–Trinajstić information content (AvgIpc) is 3.21. The van der Waals surface area contributed by atoms with Gasteiger partial charge in [-0.05, 0) is 44.0 Å². The third-order valence-corrected chi connectivity index (χ3v) is 5.59. The van der Waals surface area contributed by atoms with E-state index in [1.807, 2.05) is 31.3 Å². The summed E-state index contributed by atoms with van der Waals surface area (Å²) in [5.41, 5.74) is 4.28. The van der Waals surface area contributed by atoms with Crippen LogP contribution in [-0.4, -0.2) is 48.6 Å². The van der Waals surface area contributed by atoms with E-state index in [-0.39, 0.29) is 0 Å². The highest BCUT2D eigenvalue weighted by Gasteiger charge is 2.22. The largest absolute Gasteiger partial charge is 0.495 e. The molecule has 2 aromatic heterocycles. The first-order valence-corrected chi connectivity index (χ1v) is 10.5. The minimum absolute atomic E-state index is 0.318. The van der Waals surface area contributed by atoms with E-state index in [1.54, 1.807) is 7.11 Å². The zero-order chi connectivity index (χ0) is 20.9. The first-order chi connectivity index (χ1) is 14.7. The van der Waals surface area contributed by atoms with Gasteiger partial charge in [-0.2, -0.15) is 0 Å². The SMILES string of the molecule is CN=C(NCc1cn2c(C)cccc2n1)NC1CCCN(c2ccccc2OC)C1. The summed E-state index contributed by atoms with van der Waals surface area (Å²) in [6.45, 7) is 4.66. The molecule has 0 bridgehead atoms. The standard InChI is InChI=1S/C23H30N6O/c1-17-8-6-12-22-26-19(16-29(17)22)14-25-23(24-2)27-18-9-7-13-28(15-18)20-10-4-5-11-21(20)30-3/h4-6,8,10-12,16,18H,7,9,13-15H2,1-3H3,(H2,24,25,27). The third kappa shape index (κ3) is 4.35. The number of hydrogen-bond donors (Lipinski definition) is 2. The third-order valence-electron chi connectivity index (χ3n) is 5.59. The number of piperidine rings is 1. The Labute approximate surface area is 177 Å². The van der Waals surface area contributed by atoms with Crippen LogP contribution in [0.15, 0.2) is 53.7 Å². The van der Waals surface area contributed by atoms with Crippen molar-refractivity contribution in [2.45, 2.75) is 32.4 Å². The number of pyridine rings is 1. The number of para-hydroxylation sites is 2. The fourth-order valence-corrected chi connectivity index (χ4v) is 4.05. The Hall–Kier alpha value is -3.22. The number of imidazole rings is 1. The van der Waals surface area contributed by atoms with E-state index in [2.05, 4.69) is 56.2 Å². The number of benzene rings is 1. The highest BCUT2D eigenvalue weighted by molar-refractivity contribution is 5.80. The van der Waals surface area contributed by atoms with Crippen molar-refractivity contribution in [3.63, 3.8) is 0 Å². The minimum atomic E-state index is 0.318. The molecule has 0 radical (unpaired) electrons. The van der Waals surface area contributed by atoms with Crippen LogP contribution in [-0.2, 0) is 6.54 Å². The van der Waals surface area contributed by atoms with E-state index in [4.69, 9.17) is 9.72 Å².